The molecule has 6 nitrogen and oxygen atoms in total. The molecule has 0 aliphatic carbocycles. The Bertz CT molecular complexity index is 602. The Labute approximate surface area is 94.4 Å². The molecule has 0 saturated heterocycles. The number of nitrogens with one attached hydrogen (secondary N) is 1. The second kappa shape index (κ2) is 4.01. The number of carbonyl (C=O) groups excluding carboxylic acids is 1. The third-order valence-electron chi connectivity index (χ3n) is 1.99. The van der Waals surface area contributed by atoms with Gasteiger partial charge < -0.3 is 9.72 Å². The molecule has 7 heteroatoms. The number of aryl methyl sites for hydroxylation is 1. The van der Waals surface area contributed by atoms with Crippen molar-refractivity contribution in [1.29, 1.82) is 0 Å². The van der Waals surface area contributed by atoms with Gasteiger partial charge in [0.05, 0.1) is 17.7 Å². The van der Waals surface area contributed by atoms with Gasteiger partial charge in [0.2, 0.25) is 5.82 Å². The van der Waals surface area contributed by atoms with Gasteiger partial charge in [0.1, 0.15) is 0 Å². The predicted molar refractivity (Wildman–Crippen MR) is 58.7 cm³/mol. The number of H-pyrrole nitrogens is 1. The SMILES string of the molecule is CCOC(=O)c1nc2snc(C)c2c(=O)[nH]1. The minimum absolute atomic E-state index is 0.0806. The van der Waals surface area contributed by atoms with E-state index in [2.05, 4.69) is 14.3 Å². The lowest BCUT2D eigenvalue weighted by atomic mass is 10.3. The zero-order chi connectivity index (χ0) is 11.7. The minimum Gasteiger partial charge on any atom is -0.460 e. The molecule has 0 aliphatic rings. The summed E-state index contributed by atoms with van der Waals surface area (Å²) in [6, 6.07) is 0. The lowest BCUT2D eigenvalue weighted by Gasteiger charge is -1.99. The highest BCUT2D eigenvalue weighted by Crippen LogP contribution is 2.15. The Morgan fingerprint density at radius 2 is 2.31 bits per heavy atom. The van der Waals surface area contributed by atoms with Crippen molar-refractivity contribution in [2.24, 2.45) is 0 Å². The van der Waals surface area contributed by atoms with Crippen LogP contribution in [-0.4, -0.2) is 26.9 Å². The van der Waals surface area contributed by atoms with Gasteiger partial charge in [-0.1, -0.05) is 0 Å². The number of rotatable bonds is 2. The highest BCUT2D eigenvalue weighted by molar-refractivity contribution is 7.12. The summed E-state index contributed by atoms with van der Waals surface area (Å²) in [5.74, 6) is -0.712. The molecule has 0 bridgehead atoms. The quantitative estimate of drug-likeness (QED) is 0.786. The molecule has 16 heavy (non-hydrogen) atoms. The van der Waals surface area contributed by atoms with Crippen LogP contribution in [-0.2, 0) is 4.74 Å². The maximum absolute atomic E-state index is 11.7. The summed E-state index contributed by atoms with van der Waals surface area (Å²) in [7, 11) is 0. The first-order chi connectivity index (χ1) is 7.63. The Morgan fingerprint density at radius 3 is 3.00 bits per heavy atom. The van der Waals surface area contributed by atoms with Gasteiger partial charge in [0.25, 0.3) is 5.56 Å². The normalized spacial score (nSPS) is 10.6. The number of carbonyl (C=O) groups is 1. The Balaban J connectivity index is 2.59. The fourth-order valence-electron chi connectivity index (χ4n) is 1.29. The summed E-state index contributed by atoms with van der Waals surface area (Å²) in [4.78, 5) is 29.9. The summed E-state index contributed by atoms with van der Waals surface area (Å²) < 4.78 is 8.76. The molecule has 0 saturated carbocycles. The first kappa shape index (κ1) is 10.7. The van der Waals surface area contributed by atoms with Crippen LogP contribution in [0.5, 0.6) is 0 Å². The van der Waals surface area contributed by atoms with Crippen LogP contribution in [0.15, 0.2) is 4.79 Å². The molecule has 0 fully saturated rings. The first-order valence-electron chi connectivity index (χ1n) is 4.67. The predicted octanol–water partition coefficient (Wildman–Crippen LogP) is 0.865. The second-order valence-corrected chi connectivity index (χ2v) is 3.83. The van der Waals surface area contributed by atoms with E-state index in [1.165, 1.54) is 0 Å². The van der Waals surface area contributed by atoms with E-state index in [1.807, 2.05) is 0 Å². The van der Waals surface area contributed by atoms with Crippen molar-refractivity contribution < 1.29 is 9.53 Å². The minimum atomic E-state index is -0.632. The summed E-state index contributed by atoms with van der Waals surface area (Å²) in [5.41, 5.74) is 0.253. The molecule has 1 N–H and O–H groups in total. The number of nitrogens with zero attached hydrogens (tertiary/aromatic N) is 2. The smallest absolute Gasteiger partial charge is 0.374 e. The van der Waals surface area contributed by atoms with Crippen molar-refractivity contribution in [2.75, 3.05) is 6.61 Å². The van der Waals surface area contributed by atoms with Crippen LogP contribution in [0.4, 0.5) is 0 Å². The van der Waals surface area contributed by atoms with Gasteiger partial charge in [-0.15, -0.1) is 0 Å². The van der Waals surface area contributed by atoms with Gasteiger partial charge >= 0.3 is 5.97 Å². The number of fused-ring (bicyclic) bond motifs is 1. The zero-order valence-electron chi connectivity index (χ0n) is 8.73. The van der Waals surface area contributed by atoms with Crippen LogP contribution in [0.3, 0.4) is 0 Å². The molecule has 2 heterocycles. The molecule has 0 unspecified atom stereocenters. The molecule has 2 aromatic rings. The van der Waals surface area contributed by atoms with E-state index in [-0.39, 0.29) is 18.0 Å². The molecule has 2 aromatic heterocycles. The van der Waals surface area contributed by atoms with Crippen LogP contribution in [0, 0.1) is 6.92 Å². The second-order valence-electron chi connectivity index (χ2n) is 3.08. The van der Waals surface area contributed by atoms with E-state index in [0.717, 1.165) is 11.5 Å². The average molecular weight is 239 g/mol. The maximum atomic E-state index is 11.7. The zero-order valence-corrected chi connectivity index (χ0v) is 9.55. The number of hydrogen-bond acceptors (Lipinski definition) is 6. The number of esters is 1. The van der Waals surface area contributed by atoms with E-state index in [9.17, 15) is 9.59 Å². The molecule has 0 radical (unpaired) electrons. The molecule has 0 spiro atoms. The molecule has 2 rings (SSSR count). The largest absolute Gasteiger partial charge is 0.460 e. The summed E-state index contributed by atoms with van der Waals surface area (Å²) >= 11 is 1.09. The van der Waals surface area contributed by atoms with Crippen LogP contribution in [0.25, 0.3) is 10.2 Å². The first-order valence-corrected chi connectivity index (χ1v) is 5.44. The number of aromatic nitrogens is 3. The molecular weight excluding hydrogens is 230 g/mol. The van der Waals surface area contributed by atoms with Crippen molar-refractivity contribution >= 4 is 27.7 Å². The van der Waals surface area contributed by atoms with Crippen molar-refractivity contribution in [3.63, 3.8) is 0 Å². The molecule has 0 aromatic carbocycles. The van der Waals surface area contributed by atoms with Crippen LogP contribution in [0.1, 0.15) is 23.2 Å². The monoisotopic (exact) mass is 239 g/mol. The van der Waals surface area contributed by atoms with Gasteiger partial charge in [0, 0.05) is 0 Å². The van der Waals surface area contributed by atoms with Crippen molar-refractivity contribution in [3.8, 4) is 0 Å². The van der Waals surface area contributed by atoms with E-state index in [0.29, 0.717) is 15.9 Å². The summed E-state index contributed by atoms with van der Waals surface area (Å²) in [6.45, 7) is 3.65. The number of hydrogen-bond donors (Lipinski definition) is 1. The van der Waals surface area contributed by atoms with E-state index >= 15 is 0 Å². The molecular formula is C9H9N3O3S. The summed E-state index contributed by atoms with van der Waals surface area (Å²) in [6.07, 6.45) is 0. The van der Waals surface area contributed by atoms with Gasteiger partial charge in [-0.3, -0.25) is 4.79 Å². The highest BCUT2D eigenvalue weighted by atomic mass is 32.1. The standard InChI is InChI=1S/C9H9N3O3S/c1-3-15-9(14)6-10-7(13)5-4(2)12-16-8(5)11-6/h3H2,1-2H3,(H,10,11,13). The maximum Gasteiger partial charge on any atom is 0.374 e. The van der Waals surface area contributed by atoms with Crippen molar-refractivity contribution in [2.45, 2.75) is 13.8 Å². The lowest BCUT2D eigenvalue weighted by Crippen LogP contribution is -2.17. The fourth-order valence-corrected chi connectivity index (χ4v) is 2.07. The van der Waals surface area contributed by atoms with Crippen LogP contribution >= 0.6 is 11.5 Å². The van der Waals surface area contributed by atoms with Gasteiger partial charge in [-0.25, -0.2) is 9.78 Å². The number of aromatic amines is 1. The van der Waals surface area contributed by atoms with Crippen LogP contribution in [0.2, 0.25) is 0 Å². The highest BCUT2D eigenvalue weighted by Gasteiger charge is 2.15. The van der Waals surface area contributed by atoms with Crippen molar-refractivity contribution in [1.82, 2.24) is 14.3 Å². The Kier molecular flexibility index (Phi) is 2.69. The third kappa shape index (κ3) is 1.69. The molecule has 0 amide bonds. The van der Waals surface area contributed by atoms with Gasteiger partial charge in [-0.05, 0) is 25.4 Å². The Morgan fingerprint density at radius 1 is 1.56 bits per heavy atom. The summed E-state index contributed by atoms with van der Waals surface area (Å²) in [5, 5.41) is 0.429. The lowest BCUT2D eigenvalue weighted by molar-refractivity contribution is 0.0512. The number of ether oxygens (including phenoxy) is 1. The van der Waals surface area contributed by atoms with E-state index in [1.54, 1.807) is 13.8 Å². The average Bonchev–Trinajstić information content (AvgIpc) is 2.61. The van der Waals surface area contributed by atoms with E-state index < -0.39 is 5.97 Å². The fraction of sp³-hybridized carbons (Fsp3) is 0.333. The molecule has 0 aliphatic heterocycles. The van der Waals surface area contributed by atoms with Gasteiger partial charge in [0.15, 0.2) is 4.83 Å². The van der Waals surface area contributed by atoms with E-state index in [4.69, 9.17) is 4.74 Å². The molecule has 84 valence electrons. The van der Waals surface area contributed by atoms with Crippen LogP contribution < -0.4 is 5.56 Å². The Hall–Kier alpha value is -1.76. The van der Waals surface area contributed by atoms with Gasteiger partial charge in [-0.2, -0.15) is 4.37 Å². The third-order valence-corrected chi connectivity index (χ3v) is 2.82. The van der Waals surface area contributed by atoms with Crippen molar-refractivity contribution in [3.05, 3.63) is 21.9 Å². The topological polar surface area (TPSA) is 84.9 Å². The molecule has 0 atom stereocenters.